The number of sulfone groups is 1. The summed E-state index contributed by atoms with van der Waals surface area (Å²) in [5.74, 6) is -0.549. The quantitative estimate of drug-likeness (QED) is 0.548. The van der Waals surface area contributed by atoms with Crippen LogP contribution in [0.4, 0.5) is 0 Å². The molecule has 0 aliphatic carbocycles. The topological polar surface area (TPSA) is 98.4 Å². The van der Waals surface area contributed by atoms with E-state index in [1.807, 2.05) is 6.07 Å². The predicted molar refractivity (Wildman–Crippen MR) is 46.6 cm³/mol. The van der Waals surface area contributed by atoms with E-state index in [0.717, 1.165) is 0 Å². The summed E-state index contributed by atoms with van der Waals surface area (Å²) in [7, 11) is -3.33. The molecular formula is C7H13NO4S. The van der Waals surface area contributed by atoms with Gasteiger partial charge < -0.3 is 10.2 Å². The summed E-state index contributed by atoms with van der Waals surface area (Å²) in [4.78, 5) is 0. The average Bonchev–Trinajstić information content (AvgIpc) is 2.03. The maximum absolute atomic E-state index is 11.1. The minimum Gasteiger partial charge on any atom is -0.394 e. The van der Waals surface area contributed by atoms with Gasteiger partial charge in [-0.2, -0.15) is 5.26 Å². The lowest BCUT2D eigenvalue weighted by Gasteiger charge is -2.06. The van der Waals surface area contributed by atoms with Gasteiger partial charge in [-0.1, -0.05) is 0 Å². The van der Waals surface area contributed by atoms with Gasteiger partial charge in [0.1, 0.15) is 0 Å². The molecular weight excluding hydrogens is 194 g/mol. The van der Waals surface area contributed by atoms with Crippen LogP contribution in [0.15, 0.2) is 0 Å². The number of rotatable bonds is 6. The summed E-state index contributed by atoms with van der Waals surface area (Å²) >= 11 is 0. The van der Waals surface area contributed by atoms with E-state index in [1.54, 1.807) is 0 Å². The zero-order valence-electron chi connectivity index (χ0n) is 7.18. The van der Waals surface area contributed by atoms with Gasteiger partial charge in [0.25, 0.3) is 0 Å². The summed E-state index contributed by atoms with van der Waals surface area (Å²) in [6.45, 7) is -0.558. The fraction of sp³-hybridized carbons (Fsp3) is 0.857. The van der Waals surface area contributed by atoms with E-state index in [9.17, 15) is 8.42 Å². The van der Waals surface area contributed by atoms with E-state index in [-0.39, 0.29) is 18.6 Å². The highest BCUT2D eigenvalue weighted by molar-refractivity contribution is 7.91. The maximum Gasteiger partial charge on any atom is 0.152 e. The first kappa shape index (κ1) is 12.4. The third kappa shape index (κ3) is 6.51. The lowest BCUT2D eigenvalue weighted by Crippen LogP contribution is -2.25. The Labute approximate surface area is 77.5 Å². The van der Waals surface area contributed by atoms with E-state index in [2.05, 4.69) is 0 Å². The van der Waals surface area contributed by atoms with Crippen LogP contribution in [0.3, 0.4) is 0 Å². The van der Waals surface area contributed by atoms with E-state index < -0.39 is 28.3 Å². The van der Waals surface area contributed by atoms with Gasteiger partial charge in [-0.05, 0) is 6.42 Å². The normalized spacial score (nSPS) is 13.6. The van der Waals surface area contributed by atoms with Gasteiger partial charge >= 0.3 is 0 Å². The third-order valence-corrected chi connectivity index (χ3v) is 3.20. The first-order valence-electron chi connectivity index (χ1n) is 3.88. The van der Waals surface area contributed by atoms with Crippen molar-refractivity contribution in [2.45, 2.75) is 18.9 Å². The van der Waals surface area contributed by atoms with Crippen molar-refractivity contribution in [1.82, 2.24) is 0 Å². The number of hydrogen-bond acceptors (Lipinski definition) is 5. The van der Waals surface area contributed by atoms with E-state index in [4.69, 9.17) is 15.5 Å². The summed E-state index contributed by atoms with van der Waals surface area (Å²) in [5, 5.41) is 25.4. The van der Waals surface area contributed by atoms with Crippen molar-refractivity contribution in [3.8, 4) is 6.07 Å². The van der Waals surface area contributed by atoms with Gasteiger partial charge in [-0.15, -0.1) is 0 Å². The van der Waals surface area contributed by atoms with Crippen LogP contribution >= 0.6 is 0 Å². The van der Waals surface area contributed by atoms with Crippen LogP contribution in [0.1, 0.15) is 12.8 Å². The van der Waals surface area contributed by atoms with Crippen molar-refractivity contribution in [1.29, 1.82) is 5.26 Å². The molecule has 6 heteroatoms. The molecule has 0 aromatic rings. The number of aliphatic hydroxyl groups excluding tert-OH is 2. The second kappa shape index (κ2) is 5.91. The largest absolute Gasteiger partial charge is 0.394 e. The molecule has 5 nitrogen and oxygen atoms in total. The van der Waals surface area contributed by atoms with Crippen molar-refractivity contribution >= 4 is 9.84 Å². The number of nitriles is 1. The zero-order valence-corrected chi connectivity index (χ0v) is 8.00. The first-order valence-corrected chi connectivity index (χ1v) is 5.70. The van der Waals surface area contributed by atoms with Crippen LogP contribution in [0, 0.1) is 11.3 Å². The van der Waals surface area contributed by atoms with Crippen LogP contribution in [0.5, 0.6) is 0 Å². The smallest absolute Gasteiger partial charge is 0.152 e. The highest BCUT2D eigenvalue weighted by Crippen LogP contribution is 1.99. The lowest BCUT2D eigenvalue weighted by atomic mass is 10.4. The van der Waals surface area contributed by atoms with Crippen LogP contribution in [0.25, 0.3) is 0 Å². The third-order valence-electron chi connectivity index (χ3n) is 1.40. The van der Waals surface area contributed by atoms with Crippen molar-refractivity contribution in [3.05, 3.63) is 0 Å². The fourth-order valence-electron chi connectivity index (χ4n) is 0.800. The van der Waals surface area contributed by atoms with Crippen LogP contribution in [-0.4, -0.2) is 42.8 Å². The highest BCUT2D eigenvalue weighted by atomic mass is 32.2. The summed E-state index contributed by atoms with van der Waals surface area (Å²) in [5.41, 5.74) is 0. The van der Waals surface area contributed by atoms with Gasteiger partial charge in [-0.3, -0.25) is 0 Å². The SMILES string of the molecule is N#CCCCS(=O)(=O)CC(O)CO. The molecule has 0 aliphatic rings. The molecule has 0 spiro atoms. The monoisotopic (exact) mass is 207 g/mol. The molecule has 2 N–H and O–H groups in total. The van der Waals surface area contributed by atoms with Crippen LogP contribution in [0.2, 0.25) is 0 Å². The first-order chi connectivity index (χ1) is 6.02. The van der Waals surface area contributed by atoms with Gasteiger partial charge in [0.05, 0.1) is 30.3 Å². The number of hydrogen-bond donors (Lipinski definition) is 2. The molecule has 0 fully saturated rings. The molecule has 13 heavy (non-hydrogen) atoms. The molecule has 0 radical (unpaired) electrons. The van der Waals surface area contributed by atoms with E-state index >= 15 is 0 Å². The fourth-order valence-corrected chi connectivity index (χ4v) is 2.24. The molecule has 1 unspecified atom stereocenters. The molecule has 0 saturated heterocycles. The molecule has 0 heterocycles. The Morgan fingerprint density at radius 2 is 2.08 bits per heavy atom. The molecule has 0 rings (SSSR count). The molecule has 1 atom stereocenters. The number of nitrogens with zero attached hydrogens (tertiary/aromatic N) is 1. The molecule has 0 aromatic carbocycles. The van der Waals surface area contributed by atoms with Crippen molar-refractivity contribution in [2.24, 2.45) is 0 Å². The minimum atomic E-state index is -3.33. The van der Waals surface area contributed by atoms with Crippen LogP contribution in [-0.2, 0) is 9.84 Å². The molecule has 76 valence electrons. The Morgan fingerprint density at radius 3 is 2.54 bits per heavy atom. The van der Waals surface area contributed by atoms with Gasteiger partial charge in [0.2, 0.25) is 0 Å². The lowest BCUT2D eigenvalue weighted by molar-refractivity contribution is 0.112. The van der Waals surface area contributed by atoms with Gasteiger partial charge in [0, 0.05) is 6.42 Å². The Balaban J connectivity index is 3.89. The highest BCUT2D eigenvalue weighted by Gasteiger charge is 2.15. The minimum absolute atomic E-state index is 0.113. The molecule has 0 aromatic heterocycles. The Morgan fingerprint density at radius 1 is 1.46 bits per heavy atom. The maximum atomic E-state index is 11.1. The van der Waals surface area contributed by atoms with Crippen molar-refractivity contribution in [3.63, 3.8) is 0 Å². The number of aliphatic hydroxyl groups is 2. The van der Waals surface area contributed by atoms with Crippen molar-refractivity contribution < 1.29 is 18.6 Å². The Bertz CT molecular complexity index is 267. The number of unbranched alkanes of at least 4 members (excludes halogenated alkanes) is 1. The zero-order chi connectivity index (χ0) is 10.3. The molecule has 0 amide bonds. The van der Waals surface area contributed by atoms with E-state index in [0.29, 0.717) is 0 Å². The second-order valence-electron chi connectivity index (χ2n) is 2.71. The molecule has 0 bridgehead atoms. The average molecular weight is 207 g/mol. The predicted octanol–water partition coefficient (Wildman–Crippen LogP) is -0.942. The van der Waals surface area contributed by atoms with E-state index in [1.165, 1.54) is 0 Å². The summed E-state index contributed by atoms with van der Waals surface area (Å²) in [6, 6.07) is 1.83. The Kier molecular flexibility index (Phi) is 5.62. The standard InChI is InChI=1S/C7H13NO4S/c8-3-1-2-4-13(11,12)6-7(10)5-9/h7,9-10H,1-2,4-6H2. The van der Waals surface area contributed by atoms with Gasteiger partial charge in [0.15, 0.2) is 9.84 Å². The Hall–Kier alpha value is -0.640. The summed E-state index contributed by atoms with van der Waals surface area (Å²) < 4.78 is 22.2. The second-order valence-corrected chi connectivity index (χ2v) is 4.94. The van der Waals surface area contributed by atoms with Crippen LogP contribution < -0.4 is 0 Å². The van der Waals surface area contributed by atoms with Crippen molar-refractivity contribution in [2.75, 3.05) is 18.1 Å². The molecule has 0 aliphatic heterocycles. The summed E-state index contributed by atoms with van der Waals surface area (Å²) in [6.07, 6.45) is -0.752. The molecule has 0 saturated carbocycles. The van der Waals surface area contributed by atoms with Gasteiger partial charge in [-0.25, -0.2) is 8.42 Å².